The van der Waals surface area contributed by atoms with Gasteiger partial charge in [0.1, 0.15) is 0 Å². The third-order valence-corrected chi connectivity index (χ3v) is 3.16. The molecule has 4 heteroatoms. The van der Waals surface area contributed by atoms with Gasteiger partial charge in [-0.2, -0.15) is 0 Å². The van der Waals surface area contributed by atoms with Gasteiger partial charge in [0.2, 0.25) is 5.91 Å². The predicted octanol–water partition coefficient (Wildman–Crippen LogP) is 3.37. The number of carbonyl (C=O) groups excluding carboxylic acids is 1. The summed E-state index contributed by atoms with van der Waals surface area (Å²) in [5.74, 6) is 0.00708. The van der Waals surface area contributed by atoms with E-state index in [1.54, 1.807) is 0 Å². The Kier molecular flexibility index (Phi) is 5.99. The van der Waals surface area contributed by atoms with Crippen molar-refractivity contribution < 1.29 is 4.79 Å². The van der Waals surface area contributed by atoms with Crippen molar-refractivity contribution in [3.05, 3.63) is 28.8 Å². The Labute approximate surface area is 114 Å². The molecule has 0 saturated heterocycles. The van der Waals surface area contributed by atoms with Crippen LogP contribution in [-0.4, -0.2) is 18.5 Å². The summed E-state index contributed by atoms with van der Waals surface area (Å²) in [5.41, 5.74) is 1.90. The quantitative estimate of drug-likeness (QED) is 0.831. The SMILES string of the molecule is CCCC(C)NC(=O)CNc1ccc(C)c(Cl)c1. The van der Waals surface area contributed by atoms with Crippen molar-refractivity contribution in [2.24, 2.45) is 0 Å². The number of halogens is 1. The molecule has 0 bridgehead atoms. The maximum Gasteiger partial charge on any atom is 0.239 e. The Hall–Kier alpha value is -1.22. The molecule has 0 aliphatic rings. The largest absolute Gasteiger partial charge is 0.376 e. The van der Waals surface area contributed by atoms with Gasteiger partial charge in [-0.15, -0.1) is 0 Å². The molecular weight excluding hydrogens is 248 g/mol. The lowest BCUT2D eigenvalue weighted by Gasteiger charge is -2.13. The molecule has 0 heterocycles. The lowest BCUT2D eigenvalue weighted by atomic mass is 10.2. The highest BCUT2D eigenvalue weighted by atomic mass is 35.5. The molecule has 1 atom stereocenters. The van der Waals surface area contributed by atoms with Gasteiger partial charge in [-0.05, 0) is 38.0 Å². The van der Waals surface area contributed by atoms with E-state index in [0.29, 0.717) is 5.02 Å². The summed E-state index contributed by atoms with van der Waals surface area (Å²) in [5, 5.41) is 6.71. The molecule has 1 unspecified atom stereocenters. The van der Waals surface area contributed by atoms with Crippen LogP contribution in [-0.2, 0) is 4.79 Å². The molecule has 0 saturated carbocycles. The summed E-state index contributed by atoms with van der Waals surface area (Å²) < 4.78 is 0. The average Bonchev–Trinajstić information content (AvgIpc) is 2.31. The van der Waals surface area contributed by atoms with Crippen LogP contribution in [0.5, 0.6) is 0 Å². The smallest absolute Gasteiger partial charge is 0.239 e. The first-order valence-corrected chi connectivity index (χ1v) is 6.70. The van der Waals surface area contributed by atoms with Crippen LogP contribution >= 0.6 is 11.6 Å². The third kappa shape index (κ3) is 4.96. The van der Waals surface area contributed by atoms with Gasteiger partial charge in [0.15, 0.2) is 0 Å². The lowest BCUT2D eigenvalue weighted by molar-refractivity contribution is -0.120. The number of carbonyl (C=O) groups is 1. The summed E-state index contributed by atoms with van der Waals surface area (Å²) in [4.78, 5) is 11.6. The first-order chi connectivity index (χ1) is 8.52. The Bertz CT molecular complexity index is 407. The van der Waals surface area contributed by atoms with E-state index in [1.165, 1.54) is 0 Å². The third-order valence-electron chi connectivity index (χ3n) is 2.75. The van der Waals surface area contributed by atoms with Gasteiger partial charge in [0, 0.05) is 16.8 Å². The molecule has 18 heavy (non-hydrogen) atoms. The average molecular weight is 269 g/mol. The van der Waals surface area contributed by atoms with Crippen molar-refractivity contribution in [3.8, 4) is 0 Å². The van der Waals surface area contributed by atoms with Crippen molar-refractivity contribution in [3.63, 3.8) is 0 Å². The van der Waals surface area contributed by atoms with Gasteiger partial charge in [-0.25, -0.2) is 0 Å². The summed E-state index contributed by atoms with van der Waals surface area (Å²) in [6.07, 6.45) is 2.07. The molecule has 0 fully saturated rings. The van der Waals surface area contributed by atoms with Crippen molar-refractivity contribution in [1.29, 1.82) is 0 Å². The zero-order valence-corrected chi connectivity index (χ0v) is 12.0. The van der Waals surface area contributed by atoms with Crippen LogP contribution < -0.4 is 10.6 Å². The Morgan fingerprint density at radius 2 is 2.17 bits per heavy atom. The number of anilines is 1. The number of aryl methyl sites for hydroxylation is 1. The normalized spacial score (nSPS) is 12.0. The van der Waals surface area contributed by atoms with E-state index in [0.717, 1.165) is 24.1 Å². The van der Waals surface area contributed by atoms with Crippen molar-refractivity contribution in [2.75, 3.05) is 11.9 Å². The topological polar surface area (TPSA) is 41.1 Å². The second-order valence-corrected chi connectivity index (χ2v) is 4.98. The van der Waals surface area contributed by atoms with E-state index in [4.69, 9.17) is 11.6 Å². The van der Waals surface area contributed by atoms with Crippen molar-refractivity contribution in [2.45, 2.75) is 39.7 Å². The molecular formula is C14H21ClN2O. The number of nitrogens with one attached hydrogen (secondary N) is 2. The molecule has 0 radical (unpaired) electrons. The Morgan fingerprint density at radius 3 is 2.78 bits per heavy atom. The molecule has 2 N–H and O–H groups in total. The van der Waals surface area contributed by atoms with E-state index < -0.39 is 0 Å². The van der Waals surface area contributed by atoms with Gasteiger partial charge >= 0.3 is 0 Å². The maximum absolute atomic E-state index is 11.6. The molecule has 1 rings (SSSR count). The van der Waals surface area contributed by atoms with E-state index in [1.807, 2.05) is 32.0 Å². The summed E-state index contributed by atoms with van der Waals surface area (Å²) in [6, 6.07) is 5.91. The lowest BCUT2D eigenvalue weighted by Crippen LogP contribution is -2.36. The van der Waals surface area contributed by atoms with Gasteiger partial charge in [0.05, 0.1) is 6.54 Å². The van der Waals surface area contributed by atoms with Crippen LogP contribution in [0.3, 0.4) is 0 Å². The first-order valence-electron chi connectivity index (χ1n) is 6.32. The second kappa shape index (κ2) is 7.27. The van der Waals surface area contributed by atoms with Crippen LogP contribution in [0.25, 0.3) is 0 Å². The molecule has 1 aromatic rings. The number of hydrogen-bond donors (Lipinski definition) is 2. The summed E-state index contributed by atoms with van der Waals surface area (Å²) >= 11 is 6.01. The van der Waals surface area contributed by atoms with Crippen LogP contribution in [0.4, 0.5) is 5.69 Å². The van der Waals surface area contributed by atoms with Gasteiger partial charge in [-0.3, -0.25) is 4.79 Å². The van der Waals surface area contributed by atoms with E-state index >= 15 is 0 Å². The molecule has 1 aromatic carbocycles. The molecule has 0 spiro atoms. The number of rotatable bonds is 6. The van der Waals surface area contributed by atoms with Gasteiger partial charge in [-0.1, -0.05) is 31.0 Å². The summed E-state index contributed by atoms with van der Waals surface area (Å²) in [6.45, 7) is 6.35. The predicted molar refractivity (Wildman–Crippen MR) is 77.2 cm³/mol. The number of amides is 1. The maximum atomic E-state index is 11.6. The Morgan fingerprint density at radius 1 is 1.44 bits per heavy atom. The van der Waals surface area contributed by atoms with Crippen molar-refractivity contribution >= 4 is 23.2 Å². The monoisotopic (exact) mass is 268 g/mol. The highest BCUT2D eigenvalue weighted by molar-refractivity contribution is 6.31. The molecule has 0 aliphatic carbocycles. The summed E-state index contributed by atoms with van der Waals surface area (Å²) in [7, 11) is 0. The standard InChI is InChI=1S/C14H21ClN2O/c1-4-5-11(3)17-14(18)9-16-12-7-6-10(2)13(15)8-12/h6-8,11,16H,4-5,9H2,1-3H3,(H,17,18). The fraction of sp³-hybridized carbons (Fsp3) is 0.500. The van der Waals surface area contributed by atoms with E-state index in [2.05, 4.69) is 17.6 Å². The molecule has 1 amide bonds. The zero-order valence-electron chi connectivity index (χ0n) is 11.2. The minimum Gasteiger partial charge on any atom is -0.376 e. The fourth-order valence-corrected chi connectivity index (χ4v) is 1.90. The van der Waals surface area contributed by atoms with E-state index in [-0.39, 0.29) is 18.5 Å². The van der Waals surface area contributed by atoms with Crippen molar-refractivity contribution in [1.82, 2.24) is 5.32 Å². The number of benzene rings is 1. The second-order valence-electron chi connectivity index (χ2n) is 4.57. The molecule has 0 aromatic heterocycles. The minimum absolute atomic E-state index is 0.00708. The van der Waals surface area contributed by atoms with Crippen LogP contribution in [0.15, 0.2) is 18.2 Å². The minimum atomic E-state index is 0.00708. The first kappa shape index (κ1) is 14.8. The number of hydrogen-bond acceptors (Lipinski definition) is 2. The molecule has 100 valence electrons. The highest BCUT2D eigenvalue weighted by Crippen LogP contribution is 2.19. The van der Waals surface area contributed by atoms with Crippen LogP contribution in [0, 0.1) is 6.92 Å². The van der Waals surface area contributed by atoms with E-state index in [9.17, 15) is 4.79 Å². The highest BCUT2D eigenvalue weighted by Gasteiger charge is 2.06. The fourth-order valence-electron chi connectivity index (χ4n) is 1.72. The molecule has 3 nitrogen and oxygen atoms in total. The van der Waals surface area contributed by atoms with Crippen LogP contribution in [0.2, 0.25) is 5.02 Å². The Balaban J connectivity index is 2.40. The van der Waals surface area contributed by atoms with Gasteiger partial charge < -0.3 is 10.6 Å². The zero-order chi connectivity index (χ0) is 13.5. The van der Waals surface area contributed by atoms with Gasteiger partial charge in [0.25, 0.3) is 0 Å². The van der Waals surface area contributed by atoms with Crippen LogP contribution in [0.1, 0.15) is 32.3 Å². The molecule has 0 aliphatic heterocycles.